The first kappa shape index (κ1) is 11.8. The van der Waals surface area contributed by atoms with Gasteiger partial charge >= 0.3 is 5.97 Å². The van der Waals surface area contributed by atoms with E-state index in [9.17, 15) is 4.79 Å². The zero-order chi connectivity index (χ0) is 12.4. The third-order valence-corrected chi connectivity index (χ3v) is 3.42. The Morgan fingerprint density at radius 2 is 2.35 bits per heavy atom. The van der Waals surface area contributed by atoms with Crippen LogP contribution in [0, 0.1) is 5.41 Å². The number of nitrogens with zero attached hydrogens (tertiary/aromatic N) is 1. The van der Waals surface area contributed by atoms with Crippen LogP contribution in [-0.2, 0) is 4.74 Å². The van der Waals surface area contributed by atoms with Crippen molar-refractivity contribution in [2.24, 2.45) is 0 Å². The molecule has 1 aliphatic rings. The minimum atomic E-state index is -0.408. The van der Waals surface area contributed by atoms with Crippen molar-refractivity contribution in [3.63, 3.8) is 0 Å². The van der Waals surface area contributed by atoms with Gasteiger partial charge in [0.05, 0.1) is 24.0 Å². The van der Waals surface area contributed by atoms with Crippen LogP contribution in [0.25, 0.3) is 0 Å². The van der Waals surface area contributed by atoms with Crippen molar-refractivity contribution in [3.8, 4) is 0 Å². The van der Waals surface area contributed by atoms with E-state index in [1.54, 1.807) is 18.2 Å². The monoisotopic (exact) mass is 251 g/mol. The molecule has 0 saturated carbocycles. The van der Waals surface area contributed by atoms with Crippen molar-refractivity contribution in [1.82, 2.24) is 0 Å². The minimum Gasteiger partial charge on any atom is -0.465 e. The third kappa shape index (κ3) is 2.21. The molecule has 1 fully saturated rings. The van der Waals surface area contributed by atoms with E-state index in [2.05, 4.69) is 4.74 Å². The quantitative estimate of drug-likeness (QED) is 0.615. The molecule has 0 aromatic heterocycles. The Kier molecular flexibility index (Phi) is 3.23. The number of nitrogen functional groups attached to an aromatic ring is 1. The molecular formula is C11H13N3O2S. The lowest BCUT2D eigenvalue weighted by Gasteiger charge is -2.19. The van der Waals surface area contributed by atoms with Crippen LogP contribution < -0.4 is 10.6 Å². The highest BCUT2D eigenvalue weighted by Gasteiger charge is 2.21. The summed E-state index contributed by atoms with van der Waals surface area (Å²) in [5.41, 5.74) is 7.58. The fraction of sp³-hybridized carbons (Fsp3) is 0.273. The molecule has 1 aromatic carbocycles. The lowest BCUT2D eigenvalue weighted by molar-refractivity contribution is 0.0601. The number of nitrogens with two attached hydrogens (primary N) is 1. The number of carbonyl (C=O) groups is 1. The molecule has 1 saturated heterocycles. The second-order valence-corrected chi connectivity index (χ2v) is 4.65. The Labute approximate surface area is 103 Å². The first-order chi connectivity index (χ1) is 8.13. The van der Waals surface area contributed by atoms with E-state index < -0.39 is 5.97 Å². The van der Waals surface area contributed by atoms with Crippen LogP contribution in [0.5, 0.6) is 0 Å². The summed E-state index contributed by atoms with van der Waals surface area (Å²) >= 11 is 1.49. The molecule has 0 spiro atoms. The van der Waals surface area contributed by atoms with Crippen molar-refractivity contribution < 1.29 is 9.53 Å². The largest absolute Gasteiger partial charge is 0.465 e. The molecular weight excluding hydrogens is 238 g/mol. The highest BCUT2D eigenvalue weighted by molar-refractivity contribution is 8.14. The standard InChI is InChI=1S/C11H13N3O2S/c1-16-10(15)7-2-3-9(8(12)6-7)14-4-5-17-11(14)13/h2-3,6,13H,4-5,12H2,1H3. The number of rotatable bonds is 2. The van der Waals surface area contributed by atoms with Gasteiger partial charge in [-0.1, -0.05) is 11.8 Å². The highest BCUT2D eigenvalue weighted by Crippen LogP contribution is 2.30. The van der Waals surface area contributed by atoms with Crippen LogP contribution in [0.4, 0.5) is 11.4 Å². The molecule has 1 heterocycles. The van der Waals surface area contributed by atoms with Gasteiger partial charge in [0.25, 0.3) is 0 Å². The van der Waals surface area contributed by atoms with Gasteiger partial charge in [-0.2, -0.15) is 0 Å². The summed E-state index contributed by atoms with van der Waals surface area (Å²) in [5.74, 6) is 0.478. The number of ether oxygens (including phenoxy) is 1. The van der Waals surface area contributed by atoms with Crippen LogP contribution in [0.1, 0.15) is 10.4 Å². The number of benzene rings is 1. The smallest absolute Gasteiger partial charge is 0.337 e. The molecule has 0 radical (unpaired) electrons. The lowest BCUT2D eigenvalue weighted by atomic mass is 10.1. The maximum Gasteiger partial charge on any atom is 0.337 e. The molecule has 3 N–H and O–H groups in total. The maximum atomic E-state index is 11.3. The van der Waals surface area contributed by atoms with Crippen LogP contribution >= 0.6 is 11.8 Å². The van der Waals surface area contributed by atoms with Gasteiger partial charge in [0.1, 0.15) is 0 Å². The number of anilines is 2. The second-order valence-electron chi connectivity index (χ2n) is 3.57. The summed E-state index contributed by atoms with van der Waals surface area (Å²) in [4.78, 5) is 13.2. The Morgan fingerprint density at radius 1 is 1.59 bits per heavy atom. The van der Waals surface area contributed by atoms with Crippen molar-refractivity contribution in [2.45, 2.75) is 0 Å². The molecule has 1 aliphatic heterocycles. The molecule has 90 valence electrons. The highest BCUT2D eigenvalue weighted by atomic mass is 32.2. The number of methoxy groups -OCH3 is 1. The predicted octanol–water partition coefficient (Wildman–Crippen LogP) is 1.54. The number of nitrogens with one attached hydrogen (secondary N) is 1. The average molecular weight is 251 g/mol. The average Bonchev–Trinajstić information content (AvgIpc) is 2.74. The SMILES string of the molecule is COC(=O)c1ccc(N2CCSC2=N)c(N)c1. The van der Waals surface area contributed by atoms with E-state index in [1.165, 1.54) is 18.9 Å². The molecule has 5 nitrogen and oxygen atoms in total. The number of carbonyl (C=O) groups excluding carboxylic acids is 1. The van der Waals surface area contributed by atoms with Crippen molar-refractivity contribution in [1.29, 1.82) is 5.41 Å². The summed E-state index contributed by atoms with van der Waals surface area (Å²) in [6.07, 6.45) is 0. The number of thioether (sulfide) groups is 1. The number of amidine groups is 1. The van der Waals surface area contributed by atoms with E-state index >= 15 is 0 Å². The van der Waals surface area contributed by atoms with E-state index in [-0.39, 0.29) is 0 Å². The molecule has 6 heteroatoms. The summed E-state index contributed by atoms with van der Waals surface area (Å²) in [6, 6.07) is 4.99. The summed E-state index contributed by atoms with van der Waals surface area (Å²) < 4.78 is 4.62. The van der Waals surface area contributed by atoms with Crippen LogP contribution in [0.15, 0.2) is 18.2 Å². The fourth-order valence-corrected chi connectivity index (χ4v) is 2.50. The zero-order valence-electron chi connectivity index (χ0n) is 9.40. The van der Waals surface area contributed by atoms with Gasteiger partial charge in [-0.3, -0.25) is 5.41 Å². The van der Waals surface area contributed by atoms with Gasteiger partial charge in [-0.25, -0.2) is 4.79 Å². The molecule has 0 bridgehead atoms. The number of esters is 1. The Hall–Kier alpha value is -1.69. The molecule has 0 aliphatic carbocycles. The summed E-state index contributed by atoms with van der Waals surface area (Å²) in [6.45, 7) is 0.769. The first-order valence-corrected chi connectivity index (χ1v) is 6.09. The second kappa shape index (κ2) is 4.67. The summed E-state index contributed by atoms with van der Waals surface area (Å²) in [7, 11) is 1.33. The molecule has 0 atom stereocenters. The summed E-state index contributed by atoms with van der Waals surface area (Å²) in [5, 5.41) is 8.24. The molecule has 1 aromatic rings. The van der Waals surface area contributed by atoms with Gasteiger partial charge in [-0.05, 0) is 18.2 Å². The topological polar surface area (TPSA) is 79.4 Å². The Balaban J connectivity index is 2.31. The first-order valence-electron chi connectivity index (χ1n) is 5.10. The van der Waals surface area contributed by atoms with Crippen LogP contribution in [0.3, 0.4) is 0 Å². The van der Waals surface area contributed by atoms with Crippen molar-refractivity contribution in [2.75, 3.05) is 30.0 Å². The van der Waals surface area contributed by atoms with Gasteiger partial charge < -0.3 is 15.4 Å². The van der Waals surface area contributed by atoms with E-state index in [0.717, 1.165) is 18.0 Å². The van der Waals surface area contributed by atoms with Gasteiger partial charge in [-0.15, -0.1) is 0 Å². The zero-order valence-corrected chi connectivity index (χ0v) is 10.2. The molecule has 0 unspecified atom stereocenters. The predicted molar refractivity (Wildman–Crippen MR) is 69.7 cm³/mol. The van der Waals surface area contributed by atoms with Crippen LogP contribution in [0.2, 0.25) is 0 Å². The molecule has 0 amide bonds. The number of hydrogen-bond acceptors (Lipinski definition) is 5. The minimum absolute atomic E-state index is 0.408. The van der Waals surface area contributed by atoms with E-state index in [4.69, 9.17) is 11.1 Å². The van der Waals surface area contributed by atoms with E-state index in [1.807, 2.05) is 4.90 Å². The third-order valence-electron chi connectivity index (χ3n) is 2.54. The normalized spacial score (nSPS) is 15.1. The van der Waals surface area contributed by atoms with Crippen molar-refractivity contribution >= 4 is 34.3 Å². The lowest BCUT2D eigenvalue weighted by Crippen LogP contribution is -2.24. The van der Waals surface area contributed by atoms with Crippen LogP contribution in [-0.4, -0.2) is 30.5 Å². The van der Waals surface area contributed by atoms with Gasteiger partial charge in [0.15, 0.2) is 5.17 Å². The number of hydrogen-bond donors (Lipinski definition) is 2. The maximum absolute atomic E-state index is 11.3. The van der Waals surface area contributed by atoms with E-state index in [0.29, 0.717) is 16.4 Å². The van der Waals surface area contributed by atoms with Gasteiger partial charge in [0.2, 0.25) is 0 Å². The molecule has 17 heavy (non-hydrogen) atoms. The van der Waals surface area contributed by atoms with Crippen molar-refractivity contribution in [3.05, 3.63) is 23.8 Å². The fourth-order valence-electron chi connectivity index (χ4n) is 1.69. The Bertz CT molecular complexity index is 476. The Morgan fingerprint density at radius 3 is 2.88 bits per heavy atom. The molecule has 2 rings (SSSR count). The van der Waals surface area contributed by atoms with Gasteiger partial charge in [0, 0.05) is 12.3 Å².